The van der Waals surface area contributed by atoms with Crippen LogP contribution < -0.4 is 5.56 Å². The highest BCUT2D eigenvalue weighted by molar-refractivity contribution is 7.79. The summed E-state index contributed by atoms with van der Waals surface area (Å²) in [5, 5.41) is 4.47. The summed E-state index contributed by atoms with van der Waals surface area (Å²) in [6.45, 7) is 4.81. The summed E-state index contributed by atoms with van der Waals surface area (Å²) in [7, 11) is 0. The van der Waals surface area contributed by atoms with E-state index < -0.39 is 0 Å². The Balaban J connectivity index is 2.49. The lowest BCUT2D eigenvalue weighted by atomic mass is 10.1. The van der Waals surface area contributed by atoms with Crippen molar-refractivity contribution in [2.45, 2.75) is 39.0 Å². The second kappa shape index (κ2) is 6.75. The zero-order chi connectivity index (χ0) is 14.5. The van der Waals surface area contributed by atoms with Crippen LogP contribution in [-0.4, -0.2) is 9.78 Å². The topological polar surface area (TPSA) is 34.9 Å². The first-order valence-electron chi connectivity index (χ1n) is 7.00. The molecule has 0 amide bonds. The molecule has 4 heteroatoms. The summed E-state index contributed by atoms with van der Waals surface area (Å²) in [6, 6.07) is 10.2. The summed E-state index contributed by atoms with van der Waals surface area (Å²) >= 11 is 4.25. The van der Waals surface area contributed by atoms with Gasteiger partial charge < -0.3 is 0 Å². The van der Waals surface area contributed by atoms with Gasteiger partial charge in [-0.25, -0.2) is 4.68 Å². The standard InChI is InChI=1S/C16H20N2OS/c1-3-9-18-16(19)14(11-20)10-15(17-18)13-7-5-12(4-2)6-8-13/h5-8,10,20H,3-4,9,11H2,1-2H3. The number of nitrogens with zero attached hydrogens (tertiary/aromatic N) is 2. The summed E-state index contributed by atoms with van der Waals surface area (Å²) in [4.78, 5) is 12.1. The number of hydrogen-bond acceptors (Lipinski definition) is 3. The number of thiol groups is 1. The SMILES string of the molecule is CCCn1nc(-c2ccc(CC)cc2)cc(CS)c1=O. The molecule has 0 fully saturated rings. The lowest BCUT2D eigenvalue weighted by molar-refractivity contribution is 0.567. The summed E-state index contributed by atoms with van der Waals surface area (Å²) in [5.41, 5.74) is 3.84. The Morgan fingerprint density at radius 1 is 1.20 bits per heavy atom. The molecule has 20 heavy (non-hydrogen) atoms. The minimum atomic E-state index is -0.0317. The van der Waals surface area contributed by atoms with E-state index in [9.17, 15) is 4.79 Å². The summed E-state index contributed by atoms with van der Waals surface area (Å²) in [6.07, 6.45) is 1.90. The maximum absolute atomic E-state index is 12.1. The molecule has 0 unspecified atom stereocenters. The van der Waals surface area contributed by atoms with Crippen LogP contribution >= 0.6 is 12.6 Å². The average molecular weight is 288 g/mol. The van der Waals surface area contributed by atoms with Crippen LogP contribution in [0.25, 0.3) is 11.3 Å². The molecule has 0 bridgehead atoms. The van der Waals surface area contributed by atoms with Crippen molar-refractivity contribution in [2.24, 2.45) is 0 Å². The van der Waals surface area contributed by atoms with Crippen LogP contribution in [0.4, 0.5) is 0 Å². The zero-order valence-electron chi connectivity index (χ0n) is 12.0. The van der Waals surface area contributed by atoms with Gasteiger partial charge in [0.2, 0.25) is 0 Å². The van der Waals surface area contributed by atoms with E-state index in [-0.39, 0.29) is 5.56 Å². The first kappa shape index (κ1) is 14.9. The molecule has 0 radical (unpaired) electrons. The van der Waals surface area contributed by atoms with Crippen LogP contribution in [0.1, 0.15) is 31.4 Å². The smallest absolute Gasteiger partial charge is 0.267 e. The molecule has 0 spiro atoms. The Kier molecular flexibility index (Phi) is 5.01. The fraction of sp³-hybridized carbons (Fsp3) is 0.375. The maximum Gasteiger partial charge on any atom is 0.270 e. The molecule has 1 heterocycles. The first-order valence-corrected chi connectivity index (χ1v) is 7.64. The second-order valence-electron chi connectivity index (χ2n) is 4.79. The average Bonchev–Trinajstić information content (AvgIpc) is 2.49. The van der Waals surface area contributed by atoms with Crippen LogP contribution in [-0.2, 0) is 18.7 Å². The number of aromatic nitrogens is 2. The van der Waals surface area contributed by atoms with Crippen molar-refractivity contribution in [3.63, 3.8) is 0 Å². The Hall–Kier alpha value is -1.55. The highest BCUT2D eigenvalue weighted by Gasteiger charge is 2.08. The summed E-state index contributed by atoms with van der Waals surface area (Å²) in [5.74, 6) is 0.436. The predicted molar refractivity (Wildman–Crippen MR) is 86.3 cm³/mol. The minimum absolute atomic E-state index is 0.0317. The highest BCUT2D eigenvalue weighted by Crippen LogP contribution is 2.18. The van der Waals surface area contributed by atoms with Gasteiger partial charge in [0.1, 0.15) is 0 Å². The van der Waals surface area contributed by atoms with Gasteiger partial charge in [0.05, 0.1) is 5.69 Å². The molecule has 2 aromatic rings. The van der Waals surface area contributed by atoms with Crippen LogP contribution in [0.5, 0.6) is 0 Å². The number of aryl methyl sites for hydroxylation is 2. The second-order valence-corrected chi connectivity index (χ2v) is 5.11. The van der Waals surface area contributed by atoms with Crippen molar-refractivity contribution in [3.8, 4) is 11.3 Å². The van der Waals surface area contributed by atoms with E-state index in [0.29, 0.717) is 17.9 Å². The number of hydrogen-bond donors (Lipinski definition) is 1. The van der Waals surface area contributed by atoms with Gasteiger partial charge in [-0.1, -0.05) is 38.1 Å². The van der Waals surface area contributed by atoms with Crippen molar-refractivity contribution in [1.29, 1.82) is 0 Å². The molecular formula is C16H20N2OS. The van der Waals surface area contributed by atoms with Crippen LogP contribution in [0.2, 0.25) is 0 Å². The fourth-order valence-corrected chi connectivity index (χ4v) is 2.35. The molecule has 0 aliphatic heterocycles. The van der Waals surface area contributed by atoms with Crippen molar-refractivity contribution >= 4 is 12.6 Å². The van der Waals surface area contributed by atoms with E-state index in [0.717, 1.165) is 24.1 Å². The van der Waals surface area contributed by atoms with Crippen LogP contribution in [0, 0.1) is 0 Å². The molecule has 1 aromatic carbocycles. The van der Waals surface area contributed by atoms with E-state index in [1.807, 2.05) is 13.0 Å². The molecule has 0 atom stereocenters. The zero-order valence-corrected chi connectivity index (χ0v) is 12.9. The Labute approximate surface area is 125 Å². The summed E-state index contributed by atoms with van der Waals surface area (Å²) < 4.78 is 1.55. The molecular weight excluding hydrogens is 268 g/mol. The van der Waals surface area contributed by atoms with Gasteiger partial charge in [-0.3, -0.25) is 4.79 Å². The Morgan fingerprint density at radius 3 is 2.45 bits per heavy atom. The molecule has 0 saturated heterocycles. The van der Waals surface area contributed by atoms with Gasteiger partial charge in [-0.15, -0.1) is 0 Å². The van der Waals surface area contributed by atoms with E-state index in [1.165, 1.54) is 5.56 Å². The largest absolute Gasteiger partial charge is 0.270 e. The van der Waals surface area contributed by atoms with E-state index in [4.69, 9.17) is 0 Å². The monoisotopic (exact) mass is 288 g/mol. The van der Waals surface area contributed by atoms with Gasteiger partial charge in [0.15, 0.2) is 0 Å². The van der Waals surface area contributed by atoms with E-state index in [2.05, 4.69) is 48.9 Å². The number of benzene rings is 1. The molecule has 1 aromatic heterocycles. The van der Waals surface area contributed by atoms with Crippen molar-refractivity contribution in [3.05, 3.63) is 51.8 Å². The first-order chi connectivity index (χ1) is 9.69. The van der Waals surface area contributed by atoms with Gasteiger partial charge >= 0.3 is 0 Å². The van der Waals surface area contributed by atoms with Crippen LogP contribution in [0.15, 0.2) is 35.1 Å². The van der Waals surface area contributed by atoms with Gasteiger partial charge in [-0.05, 0) is 24.5 Å². The molecule has 106 valence electrons. The minimum Gasteiger partial charge on any atom is -0.267 e. The van der Waals surface area contributed by atoms with Gasteiger partial charge in [0, 0.05) is 23.4 Å². The number of rotatable bonds is 5. The lowest BCUT2D eigenvalue weighted by Gasteiger charge is -2.09. The van der Waals surface area contributed by atoms with E-state index in [1.54, 1.807) is 4.68 Å². The molecule has 0 N–H and O–H groups in total. The van der Waals surface area contributed by atoms with Crippen molar-refractivity contribution in [2.75, 3.05) is 0 Å². The van der Waals surface area contributed by atoms with Crippen molar-refractivity contribution < 1.29 is 0 Å². The lowest BCUT2D eigenvalue weighted by Crippen LogP contribution is -2.26. The molecule has 2 rings (SSSR count). The third-order valence-corrected chi connectivity index (χ3v) is 3.65. The normalized spacial score (nSPS) is 10.8. The maximum atomic E-state index is 12.1. The molecule has 0 aliphatic carbocycles. The Bertz CT molecular complexity index is 632. The van der Waals surface area contributed by atoms with Gasteiger partial charge in [-0.2, -0.15) is 17.7 Å². The third kappa shape index (κ3) is 3.12. The van der Waals surface area contributed by atoms with Gasteiger partial charge in [0.25, 0.3) is 5.56 Å². The van der Waals surface area contributed by atoms with Crippen molar-refractivity contribution in [1.82, 2.24) is 9.78 Å². The quantitative estimate of drug-likeness (QED) is 0.857. The highest BCUT2D eigenvalue weighted by atomic mass is 32.1. The van der Waals surface area contributed by atoms with Crippen LogP contribution in [0.3, 0.4) is 0 Å². The molecule has 0 saturated carbocycles. The molecule has 0 aliphatic rings. The van der Waals surface area contributed by atoms with E-state index >= 15 is 0 Å². The Morgan fingerprint density at radius 2 is 1.90 bits per heavy atom. The fourth-order valence-electron chi connectivity index (χ4n) is 2.13. The predicted octanol–water partition coefficient (Wildman–Crippen LogP) is 3.31. The molecule has 3 nitrogen and oxygen atoms in total. The third-order valence-electron chi connectivity index (χ3n) is 3.31.